The molecule has 2 aromatic rings. The molecule has 0 aliphatic rings. The molecule has 0 aliphatic heterocycles. The van der Waals surface area contributed by atoms with Crippen molar-refractivity contribution in [3.8, 4) is 5.75 Å². The summed E-state index contributed by atoms with van der Waals surface area (Å²) in [5, 5.41) is 2.71. The van der Waals surface area contributed by atoms with Gasteiger partial charge >= 0.3 is 0 Å². The van der Waals surface area contributed by atoms with Gasteiger partial charge in [0.25, 0.3) is 0 Å². The standard InChI is InChI=1S/C18H18FNO3/c1-11-9-16(20-13(3)21)12(2)8-14(11)17(22)10-23-18-7-5-4-6-15(18)19/h4-9H,10H2,1-3H3,(H,20,21). The van der Waals surface area contributed by atoms with Gasteiger partial charge in [-0.2, -0.15) is 0 Å². The highest BCUT2D eigenvalue weighted by Gasteiger charge is 2.14. The lowest BCUT2D eigenvalue weighted by atomic mass is 10.0. The molecule has 0 unspecified atom stereocenters. The molecule has 0 bridgehead atoms. The van der Waals surface area contributed by atoms with Gasteiger partial charge in [-0.1, -0.05) is 12.1 Å². The average molecular weight is 315 g/mol. The van der Waals surface area contributed by atoms with Gasteiger partial charge in [0, 0.05) is 18.2 Å². The molecule has 1 amide bonds. The van der Waals surface area contributed by atoms with E-state index >= 15 is 0 Å². The molecule has 5 heteroatoms. The fraction of sp³-hybridized carbons (Fsp3) is 0.222. The Hall–Kier alpha value is -2.69. The van der Waals surface area contributed by atoms with E-state index in [2.05, 4.69) is 5.32 Å². The molecule has 0 atom stereocenters. The summed E-state index contributed by atoms with van der Waals surface area (Å²) in [6, 6.07) is 9.39. The summed E-state index contributed by atoms with van der Waals surface area (Å²) in [5.74, 6) is -0.878. The lowest BCUT2D eigenvalue weighted by Gasteiger charge is -2.12. The Labute approximate surface area is 134 Å². The minimum atomic E-state index is -0.505. The molecule has 0 spiro atoms. The Balaban J connectivity index is 2.15. The molecule has 0 aromatic heterocycles. The predicted octanol–water partition coefficient (Wildman–Crippen LogP) is 3.66. The number of Topliss-reactive ketones (excluding diaryl/α,β-unsaturated/α-hetero) is 1. The normalized spacial score (nSPS) is 10.3. The number of amides is 1. The van der Waals surface area contributed by atoms with Gasteiger partial charge < -0.3 is 10.1 Å². The lowest BCUT2D eigenvalue weighted by Crippen LogP contribution is -2.15. The number of carbonyl (C=O) groups is 2. The zero-order valence-electron chi connectivity index (χ0n) is 13.3. The van der Waals surface area contributed by atoms with Crippen LogP contribution in [0, 0.1) is 19.7 Å². The molecule has 1 N–H and O–H groups in total. The van der Waals surface area contributed by atoms with Crippen molar-refractivity contribution >= 4 is 17.4 Å². The van der Waals surface area contributed by atoms with Gasteiger partial charge in [0.15, 0.2) is 24.0 Å². The van der Waals surface area contributed by atoms with Crippen LogP contribution in [0.5, 0.6) is 5.75 Å². The summed E-state index contributed by atoms with van der Waals surface area (Å²) in [5.41, 5.74) is 2.66. The Morgan fingerprint density at radius 2 is 1.83 bits per heavy atom. The monoisotopic (exact) mass is 315 g/mol. The van der Waals surface area contributed by atoms with Crippen molar-refractivity contribution in [2.45, 2.75) is 20.8 Å². The van der Waals surface area contributed by atoms with Crippen molar-refractivity contribution in [2.75, 3.05) is 11.9 Å². The Bertz CT molecular complexity index is 756. The van der Waals surface area contributed by atoms with Gasteiger partial charge in [-0.15, -0.1) is 0 Å². The van der Waals surface area contributed by atoms with E-state index in [0.29, 0.717) is 11.3 Å². The fourth-order valence-electron chi connectivity index (χ4n) is 2.22. The minimum absolute atomic E-state index is 0.0464. The summed E-state index contributed by atoms with van der Waals surface area (Å²) in [6.45, 7) is 4.76. The number of para-hydroxylation sites is 1. The van der Waals surface area contributed by atoms with E-state index in [0.717, 1.165) is 11.1 Å². The van der Waals surface area contributed by atoms with Crippen LogP contribution in [0.25, 0.3) is 0 Å². The number of benzene rings is 2. The molecule has 0 saturated carbocycles. The number of ether oxygens (including phenoxy) is 1. The van der Waals surface area contributed by atoms with Crippen molar-refractivity contribution in [1.29, 1.82) is 0 Å². The zero-order chi connectivity index (χ0) is 17.0. The maximum Gasteiger partial charge on any atom is 0.221 e. The van der Waals surface area contributed by atoms with E-state index in [1.165, 1.54) is 19.1 Å². The van der Waals surface area contributed by atoms with Crippen LogP contribution in [0.4, 0.5) is 10.1 Å². The van der Waals surface area contributed by atoms with Crippen LogP contribution in [0.3, 0.4) is 0 Å². The molecular weight excluding hydrogens is 297 g/mol. The van der Waals surface area contributed by atoms with E-state index in [4.69, 9.17) is 4.74 Å². The molecule has 23 heavy (non-hydrogen) atoms. The van der Waals surface area contributed by atoms with Crippen LogP contribution in [-0.4, -0.2) is 18.3 Å². The number of hydrogen-bond acceptors (Lipinski definition) is 3. The van der Waals surface area contributed by atoms with Gasteiger partial charge in [0.1, 0.15) is 0 Å². The first kappa shape index (κ1) is 16.7. The average Bonchev–Trinajstić information content (AvgIpc) is 2.49. The highest BCUT2D eigenvalue weighted by molar-refractivity contribution is 6.00. The van der Waals surface area contributed by atoms with Crippen LogP contribution in [0.15, 0.2) is 36.4 Å². The fourth-order valence-corrected chi connectivity index (χ4v) is 2.22. The maximum atomic E-state index is 13.5. The third-order valence-corrected chi connectivity index (χ3v) is 3.38. The van der Waals surface area contributed by atoms with E-state index in [1.54, 1.807) is 38.1 Å². The second-order valence-corrected chi connectivity index (χ2v) is 5.31. The van der Waals surface area contributed by atoms with Crippen LogP contribution in [0.2, 0.25) is 0 Å². The van der Waals surface area contributed by atoms with Gasteiger partial charge in [-0.3, -0.25) is 9.59 Å². The van der Waals surface area contributed by atoms with Crippen molar-refractivity contribution in [1.82, 2.24) is 0 Å². The summed E-state index contributed by atoms with van der Waals surface area (Å²) in [6.07, 6.45) is 0. The van der Waals surface area contributed by atoms with Crippen molar-refractivity contribution in [3.63, 3.8) is 0 Å². The molecule has 120 valence electrons. The Kier molecular flexibility index (Phi) is 5.11. The third kappa shape index (κ3) is 4.16. The van der Waals surface area contributed by atoms with Crippen LogP contribution < -0.4 is 10.1 Å². The third-order valence-electron chi connectivity index (χ3n) is 3.38. The van der Waals surface area contributed by atoms with E-state index < -0.39 is 5.82 Å². The molecule has 2 rings (SSSR count). The molecular formula is C18H18FNO3. The van der Waals surface area contributed by atoms with Gasteiger partial charge in [0.05, 0.1) is 0 Å². The lowest BCUT2D eigenvalue weighted by molar-refractivity contribution is -0.114. The SMILES string of the molecule is CC(=O)Nc1cc(C)c(C(=O)COc2ccccc2F)cc1C. The van der Waals surface area contributed by atoms with E-state index in [-0.39, 0.29) is 24.0 Å². The summed E-state index contributed by atoms with van der Waals surface area (Å²) in [4.78, 5) is 23.5. The summed E-state index contributed by atoms with van der Waals surface area (Å²) >= 11 is 0. The van der Waals surface area contributed by atoms with Gasteiger partial charge in [-0.05, 0) is 49.2 Å². The van der Waals surface area contributed by atoms with Crippen molar-refractivity contribution in [3.05, 3.63) is 58.9 Å². The van der Waals surface area contributed by atoms with Crippen molar-refractivity contribution in [2.24, 2.45) is 0 Å². The molecule has 0 radical (unpaired) electrons. The second-order valence-electron chi connectivity index (χ2n) is 5.31. The zero-order valence-corrected chi connectivity index (χ0v) is 13.3. The smallest absolute Gasteiger partial charge is 0.221 e. The molecule has 4 nitrogen and oxygen atoms in total. The Morgan fingerprint density at radius 1 is 1.13 bits per heavy atom. The topological polar surface area (TPSA) is 55.4 Å². The predicted molar refractivity (Wildman–Crippen MR) is 86.4 cm³/mol. The summed E-state index contributed by atoms with van der Waals surface area (Å²) in [7, 11) is 0. The minimum Gasteiger partial charge on any atom is -0.482 e. The highest BCUT2D eigenvalue weighted by atomic mass is 19.1. The number of rotatable bonds is 5. The number of anilines is 1. The van der Waals surface area contributed by atoms with E-state index in [9.17, 15) is 14.0 Å². The molecule has 2 aromatic carbocycles. The van der Waals surface area contributed by atoms with Crippen LogP contribution in [0.1, 0.15) is 28.4 Å². The maximum absolute atomic E-state index is 13.5. The largest absolute Gasteiger partial charge is 0.482 e. The number of carbonyl (C=O) groups excluding carboxylic acids is 2. The van der Waals surface area contributed by atoms with Crippen LogP contribution in [-0.2, 0) is 4.79 Å². The molecule has 0 heterocycles. The first-order valence-electron chi connectivity index (χ1n) is 7.18. The molecule has 0 saturated heterocycles. The number of halogens is 1. The second kappa shape index (κ2) is 7.05. The molecule has 0 fully saturated rings. The highest BCUT2D eigenvalue weighted by Crippen LogP contribution is 2.22. The summed E-state index contributed by atoms with van der Waals surface area (Å²) < 4.78 is 18.7. The Morgan fingerprint density at radius 3 is 2.48 bits per heavy atom. The van der Waals surface area contributed by atoms with Crippen LogP contribution >= 0.6 is 0 Å². The first-order chi connectivity index (χ1) is 10.9. The van der Waals surface area contributed by atoms with E-state index in [1.807, 2.05) is 0 Å². The molecule has 0 aliphatic carbocycles. The number of aryl methyl sites for hydroxylation is 2. The van der Waals surface area contributed by atoms with Crippen molar-refractivity contribution < 1.29 is 18.7 Å². The first-order valence-corrected chi connectivity index (χ1v) is 7.18. The van der Waals surface area contributed by atoms with Gasteiger partial charge in [0.2, 0.25) is 5.91 Å². The number of hydrogen-bond donors (Lipinski definition) is 1. The number of ketones is 1. The quantitative estimate of drug-likeness (QED) is 0.857. The van der Waals surface area contributed by atoms with Gasteiger partial charge in [-0.25, -0.2) is 4.39 Å². The number of nitrogens with one attached hydrogen (secondary N) is 1.